The Hall–Kier alpha value is -2.49. The predicted octanol–water partition coefficient (Wildman–Crippen LogP) is 3.85. The first-order valence-electron chi connectivity index (χ1n) is 8.26. The lowest BCUT2D eigenvalue weighted by atomic mass is 10.1. The van der Waals surface area contributed by atoms with Crippen molar-refractivity contribution in [3.8, 4) is 11.5 Å². The maximum absolute atomic E-state index is 12.1. The number of benzene rings is 2. The van der Waals surface area contributed by atoms with Crippen molar-refractivity contribution >= 4 is 5.91 Å². The molecule has 2 aromatic carbocycles. The summed E-state index contributed by atoms with van der Waals surface area (Å²) < 4.78 is 10.7. The molecule has 0 aliphatic heterocycles. The van der Waals surface area contributed by atoms with Crippen molar-refractivity contribution in [3.05, 3.63) is 59.7 Å². The van der Waals surface area contributed by atoms with Gasteiger partial charge in [0, 0.05) is 12.1 Å². The van der Waals surface area contributed by atoms with Gasteiger partial charge in [-0.25, -0.2) is 0 Å². The molecule has 4 nitrogen and oxygen atoms in total. The quantitative estimate of drug-likeness (QED) is 0.749. The molecule has 0 saturated heterocycles. The van der Waals surface area contributed by atoms with Crippen molar-refractivity contribution in [3.63, 3.8) is 0 Å². The molecule has 0 heterocycles. The van der Waals surface area contributed by atoms with Crippen LogP contribution < -0.4 is 14.8 Å². The van der Waals surface area contributed by atoms with Gasteiger partial charge in [-0.1, -0.05) is 12.1 Å². The molecule has 0 spiro atoms. The monoisotopic (exact) mass is 327 g/mol. The average molecular weight is 327 g/mol. The molecule has 1 N–H and O–H groups in total. The standard InChI is InChI=1S/C20H25NO3/c1-15(2)24-19-12-8-17(9-13-19)20(22)21-14-4-5-16-6-10-18(23-3)11-7-16/h6-13,15H,4-5,14H2,1-3H3,(H,21,22). The van der Waals surface area contributed by atoms with Crippen molar-refractivity contribution in [2.75, 3.05) is 13.7 Å². The minimum atomic E-state index is -0.0548. The fourth-order valence-corrected chi connectivity index (χ4v) is 2.35. The fraction of sp³-hybridized carbons (Fsp3) is 0.350. The van der Waals surface area contributed by atoms with Gasteiger partial charge in [0.25, 0.3) is 5.91 Å². The molecule has 0 unspecified atom stereocenters. The summed E-state index contributed by atoms with van der Waals surface area (Å²) in [6, 6.07) is 15.2. The summed E-state index contributed by atoms with van der Waals surface area (Å²) in [7, 11) is 1.66. The van der Waals surface area contributed by atoms with E-state index in [9.17, 15) is 4.79 Å². The van der Waals surface area contributed by atoms with Crippen LogP contribution in [-0.4, -0.2) is 25.7 Å². The molecule has 0 radical (unpaired) electrons. The van der Waals surface area contributed by atoms with Gasteiger partial charge in [0.1, 0.15) is 11.5 Å². The lowest BCUT2D eigenvalue weighted by molar-refractivity contribution is 0.0953. The maximum atomic E-state index is 12.1. The molecule has 2 aromatic rings. The maximum Gasteiger partial charge on any atom is 0.251 e. The van der Waals surface area contributed by atoms with Crippen LogP contribution in [0.5, 0.6) is 11.5 Å². The lowest BCUT2D eigenvalue weighted by Crippen LogP contribution is -2.24. The highest BCUT2D eigenvalue weighted by atomic mass is 16.5. The van der Waals surface area contributed by atoms with E-state index in [1.54, 1.807) is 19.2 Å². The van der Waals surface area contributed by atoms with Crippen molar-refractivity contribution in [2.45, 2.75) is 32.8 Å². The van der Waals surface area contributed by atoms with Crippen LogP contribution in [0, 0.1) is 0 Å². The zero-order chi connectivity index (χ0) is 17.4. The van der Waals surface area contributed by atoms with Gasteiger partial charge in [0.05, 0.1) is 13.2 Å². The smallest absolute Gasteiger partial charge is 0.251 e. The molecule has 2 rings (SSSR count). The second-order valence-electron chi connectivity index (χ2n) is 5.90. The minimum Gasteiger partial charge on any atom is -0.497 e. The molecule has 4 heteroatoms. The summed E-state index contributed by atoms with van der Waals surface area (Å²) in [6.07, 6.45) is 1.94. The first-order valence-corrected chi connectivity index (χ1v) is 8.26. The van der Waals surface area contributed by atoms with E-state index in [-0.39, 0.29) is 12.0 Å². The number of methoxy groups -OCH3 is 1. The van der Waals surface area contributed by atoms with Gasteiger partial charge in [-0.3, -0.25) is 4.79 Å². The summed E-state index contributed by atoms with van der Waals surface area (Å²) >= 11 is 0. The Labute approximate surface area is 143 Å². The molecule has 24 heavy (non-hydrogen) atoms. The normalized spacial score (nSPS) is 10.5. The average Bonchev–Trinajstić information content (AvgIpc) is 2.59. The Bertz CT molecular complexity index is 633. The van der Waals surface area contributed by atoms with Crippen LogP contribution >= 0.6 is 0 Å². The number of hydrogen-bond donors (Lipinski definition) is 1. The van der Waals surface area contributed by atoms with Crippen LogP contribution in [-0.2, 0) is 6.42 Å². The van der Waals surface area contributed by atoms with Gasteiger partial charge in [-0.2, -0.15) is 0 Å². The first kappa shape index (κ1) is 17.9. The van der Waals surface area contributed by atoms with Crippen molar-refractivity contribution in [2.24, 2.45) is 0 Å². The Balaban J connectivity index is 1.74. The Morgan fingerprint density at radius 2 is 1.62 bits per heavy atom. The highest BCUT2D eigenvalue weighted by Crippen LogP contribution is 2.14. The largest absolute Gasteiger partial charge is 0.497 e. The van der Waals surface area contributed by atoms with Crippen LogP contribution in [0.4, 0.5) is 0 Å². The summed E-state index contributed by atoms with van der Waals surface area (Å²) in [5, 5.41) is 2.95. The second-order valence-corrected chi connectivity index (χ2v) is 5.90. The third-order valence-electron chi connectivity index (χ3n) is 3.58. The van der Waals surface area contributed by atoms with Crippen LogP contribution in [0.1, 0.15) is 36.2 Å². The molecule has 0 bridgehead atoms. The number of ether oxygens (including phenoxy) is 2. The van der Waals surface area contributed by atoms with Gasteiger partial charge >= 0.3 is 0 Å². The SMILES string of the molecule is COc1ccc(CCCNC(=O)c2ccc(OC(C)C)cc2)cc1. The summed E-state index contributed by atoms with van der Waals surface area (Å²) in [5.41, 5.74) is 1.88. The molecule has 128 valence electrons. The molecule has 0 atom stereocenters. The third kappa shape index (κ3) is 5.61. The zero-order valence-corrected chi connectivity index (χ0v) is 14.5. The van der Waals surface area contributed by atoms with E-state index in [0.29, 0.717) is 12.1 Å². The van der Waals surface area contributed by atoms with E-state index >= 15 is 0 Å². The number of carbonyl (C=O) groups excluding carboxylic acids is 1. The van der Waals surface area contributed by atoms with Gasteiger partial charge in [-0.15, -0.1) is 0 Å². The van der Waals surface area contributed by atoms with Crippen molar-refractivity contribution in [1.29, 1.82) is 0 Å². The number of carbonyl (C=O) groups is 1. The summed E-state index contributed by atoms with van der Waals surface area (Å²) in [4.78, 5) is 12.1. The number of rotatable bonds is 8. The van der Waals surface area contributed by atoms with Crippen molar-refractivity contribution < 1.29 is 14.3 Å². The fourth-order valence-electron chi connectivity index (χ4n) is 2.35. The molecule has 0 aromatic heterocycles. The van der Waals surface area contributed by atoms with Crippen molar-refractivity contribution in [1.82, 2.24) is 5.32 Å². The molecule has 1 amide bonds. The molecule has 0 aliphatic carbocycles. The molecular weight excluding hydrogens is 302 g/mol. The van der Waals surface area contributed by atoms with E-state index < -0.39 is 0 Å². The summed E-state index contributed by atoms with van der Waals surface area (Å²) in [5.74, 6) is 1.58. The number of aryl methyl sites for hydroxylation is 1. The van der Waals surface area contributed by atoms with Crippen LogP contribution in [0.25, 0.3) is 0 Å². The van der Waals surface area contributed by atoms with Gasteiger partial charge in [0.2, 0.25) is 0 Å². The molecule has 0 aliphatic rings. The van der Waals surface area contributed by atoms with E-state index in [4.69, 9.17) is 9.47 Å². The Morgan fingerprint density at radius 1 is 1.00 bits per heavy atom. The highest BCUT2D eigenvalue weighted by molar-refractivity contribution is 5.94. The summed E-state index contributed by atoms with van der Waals surface area (Å²) in [6.45, 7) is 4.60. The van der Waals surface area contributed by atoms with Gasteiger partial charge < -0.3 is 14.8 Å². The van der Waals surface area contributed by atoms with E-state index in [1.165, 1.54) is 5.56 Å². The Morgan fingerprint density at radius 3 is 2.21 bits per heavy atom. The number of hydrogen-bond acceptors (Lipinski definition) is 3. The van der Waals surface area contributed by atoms with E-state index in [0.717, 1.165) is 24.3 Å². The lowest BCUT2D eigenvalue weighted by Gasteiger charge is -2.10. The van der Waals surface area contributed by atoms with Gasteiger partial charge in [0.15, 0.2) is 0 Å². The predicted molar refractivity (Wildman–Crippen MR) is 95.9 cm³/mol. The van der Waals surface area contributed by atoms with Crippen LogP contribution in [0.15, 0.2) is 48.5 Å². The minimum absolute atomic E-state index is 0.0548. The van der Waals surface area contributed by atoms with Gasteiger partial charge in [-0.05, 0) is 68.7 Å². The second kappa shape index (κ2) is 8.96. The first-order chi connectivity index (χ1) is 11.6. The molecule has 0 saturated carbocycles. The number of nitrogens with one attached hydrogen (secondary N) is 1. The molecular formula is C20H25NO3. The Kier molecular flexibility index (Phi) is 6.67. The van der Waals surface area contributed by atoms with E-state index in [1.807, 2.05) is 50.2 Å². The van der Waals surface area contributed by atoms with E-state index in [2.05, 4.69) is 5.32 Å². The highest BCUT2D eigenvalue weighted by Gasteiger charge is 2.05. The number of amides is 1. The zero-order valence-electron chi connectivity index (χ0n) is 14.5. The topological polar surface area (TPSA) is 47.6 Å². The van der Waals surface area contributed by atoms with Crippen LogP contribution in [0.3, 0.4) is 0 Å². The van der Waals surface area contributed by atoms with Crippen LogP contribution in [0.2, 0.25) is 0 Å². The molecule has 0 fully saturated rings. The third-order valence-corrected chi connectivity index (χ3v) is 3.58.